The average molecular weight is 272 g/mol. The summed E-state index contributed by atoms with van der Waals surface area (Å²) >= 11 is 0. The van der Waals surface area contributed by atoms with Gasteiger partial charge in [-0.25, -0.2) is 12.1 Å². The first-order valence-corrected chi connectivity index (χ1v) is 2.08. The van der Waals surface area contributed by atoms with Gasteiger partial charge in [0.1, 0.15) is 0 Å². The van der Waals surface area contributed by atoms with Crippen LogP contribution in [-0.4, -0.2) is 0 Å². The van der Waals surface area contributed by atoms with Crippen molar-refractivity contribution in [2.45, 2.75) is 6.92 Å². The van der Waals surface area contributed by atoms with Crippen LogP contribution in [0.3, 0.4) is 0 Å². The molecule has 0 aromatic heterocycles. The third kappa shape index (κ3) is 14.0. The fourth-order valence-corrected chi connectivity index (χ4v) is 0.470. The Morgan fingerprint density at radius 2 is 1.09 bits per heavy atom. The van der Waals surface area contributed by atoms with E-state index in [1.807, 2.05) is 12.1 Å². The Bertz CT molecular complexity index is 118. The van der Waals surface area contributed by atoms with Crippen molar-refractivity contribution in [2.24, 2.45) is 0 Å². The third-order valence-corrected chi connectivity index (χ3v) is 0.829. The maximum absolute atomic E-state index is 2.08. The molecule has 5 heteroatoms. The Labute approximate surface area is 104 Å². The van der Waals surface area contributed by atoms with Crippen molar-refractivity contribution in [3.8, 4) is 0 Å². The normalized spacial score (nSPS) is 4.82. The first-order valence-electron chi connectivity index (χ1n) is 2.08. The predicted molar refractivity (Wildman–Crippen MR) is 26.8 cm³/mol. The van der Waals surface area contributed by atoms with E-state index in [2.05, 4.69) is 19.1 Å². The molecule has 65 valence electrons. The number of rotatable bonds is 0. The molecule has 0 bridgehead atoms. The van der Waals surface area contributed by atoms with E-state index in [0.717, 1.165) is 0 Å². The Morgan fingerprint density at radius 1 is 0.818 bits per heavy atom. The molecule has 0 heterocycles. The Morgan fingerprint density at radius 3 is 1.18 bits per heavy atom. The van der Waals surface area contributed by atoms with Gasteiger partial charge in [0.2, 0.25) is 0 Å². The molecule has 0 saturated carbocycles. The minimum absolute atomic E-state index is 0. The van der Waals surface area contributed by atoms with Crippen molar-refractivity contribution in [3.63, 3.8) is 0 Å². The number of hydrogen-bond donors (Lipinski definition) is 0. The molecule has 11 heavy (non-hydrogen) atoms. The van der Waals surface area contributed by atoms with Crippen LogP contribution in [-0.2, 0) is 18.6 Å². The van der Waals surface area contributed by atoms with E-state index in [1.54, 1.807) is 0 Å². The van der Waals surface area contributed by atoms with Gasteiger partial charge in [0.15, 0.2) is 0 Å². The summed E-state index contributed by atoms with van der Waals surface area (Å²) in [6, 6.07) is 8.24. The summed E-state index contributed by atoms with van der Waals surface area (Å²) in [5, 5.41) is 0. The van der Waals surface area contributed by atoms with Gasteiger partial charge in [-0.3, -0.25) is 0 Å². The van der Waals surface area contributed by atoms with Crippen LogP contribution in [0.25, 0.3) is 0 Å². The number of halogens is 4. The molecule has 0 aliphatic heterocycles. The van der Waals surface area contributed by atoms with Crippen LogP contribution in [0.4, 0.5) is 0 Å². The molecule has 0 fully saturated rings. The van der Waals surface area contributed by atoms with Crippen molar-refractivity contribution in [2.75, 3.05) is 0 Å². The smallest absolute Gasteiger partial charge is 1.00 e. The summed E-state index contributed by atoms with van der Waals surface area (Å²) in [7, 11) is 0. The van der Waals surface area contributed by atoms with Gasteiger partial charge in [0.05, 0.1) is 0 Å². The molecule has 0 saturated heterocycles. The molecule has 0 N–H and O–H groups in total. The van der Waals surface area contributed by atoms with Gasteiger partial charge >= 0.3 is 18.6 Å². The van der Waals surface area contributed by atoms with Crippen LogP contribution < -0.4 is 49.6 Å². The van der Waals surface area contributed by atoms with Crippen LogP contribution in [0.1, 0.15) is 5.56 Å². The van der Waals surface area contributed by atoms with E-state index in [-0.39, 0.29) is 68.2 Å². The van der Waals surface area contributed by atoms with E-state index in [1.165, 1.54) is 5.56 Å². The molecule has 0 spiro atoms. The molecular weight excluding hydrogens is 265 g/mol. The molecule has 0 atom stereocenters. The molecular formula is C6H7Cl4V-. The van der Waals surface area contributed by atoms with E-state index >= 15 is 0 Å². The van der Waals surface area contributed by atoms with Crippen molar-refractivity contribution in [3.05, 3.63) is 29.8 Å². The van der Waals surface area contributed by atoms with Crippen LogP contribution >= 0.6 is 0 Å². The van der Waals surface area contributed by atoms with E-state index in [9.17, 15) is 0 Å². The predicted octanol–water partition coefficient (Wildman–Crippen LogP) is -10.3. The zero-order valence-electron chi connectivity index (χ0n) is 5.77. The molecule has 0 aliphatic carbocycles. The molecule has 0 amide bonds. The van der Waals surface area contributed by atoms with E-state index in [0.29, 0.717) is 0 Å². The maximum Gasteiger partial charge on any atom is 4.00 e. The van der Waals surface area contributed by atoms with Gasteiger partial charge in [-0.2, -0.15) is 17.7 Å². The summed E-state index contributed by atoms with van der Waals surface area (Å²) in [6.07, 6.45) is 0. The number of aryl methyl sites for hydroxylation is 1. The Balaban J connectivity index is -0.0000000240. The molecule has 1 aromatic carbocycles. The number of hydrogen-bond acceptors (Lipinski definition) is 0. The fraction of sp³-hybridized carbons (Fsp3) is 0.167. The average Bonchev–Trinajstić information content (AvgIpc) is 1.86. The summed E-state index contributed by atoms with van der Waals surface area (Å²) in [6.45, 7) is 2.08. The zero-order chi connectivity index (χ0) is 4.41. The minimum Gasteiger partial charge on any atom is -1.00 e. The van der Waals surface area contributed by atoms with Crippen molar-refractivity contribution in [1.82, 2.24) is 0 Å². The van der Waals surface area contributed by atoms with E-state index in [4.69, 9.17) is 0 Å². The van der Waals surface area contributed by atoms with Crippen molar-refractivity contribution in [1.29, 1.82) is 0 Å². The second-order valence-corrected chi connectivity index (χ2v) is 1.46. The van der Waals surface area contributed by atoms with Crippen LogP contribution in [0.2, 0.25) is 0 Å². The summed E-state index contributed by atoms with van der Waals surface area (Å²) < 4.78 is 0. The molecule has 1 radical (unpaired) electrons. The standard InChI is InChI=1S/C6H7.4ClH.V/c1-6-4-2-3-5-6;;;;;/h2-5H,1H3;4*1H;/q-1;;;;;+4/p-4. The molecule has 0 unspecified atom stereocenters. The van der Waals surface area contributed by atoms with E-state index < -0.39 is 0 Å². The van der Waals surface area contributed by atoms with Gasteiger partial charge < -0.3 is 49.6 Å². The SMILES string of the molecule is C[c-]1cccc1.[Cl-].[Cl-].[Cl-].[Cl-].[V+4]. The summed E-state index contributed by atoms with van der Waals surface area (Å²) in [4.78, 5) is 0. The Kier molecular flexibility index (Phi) is 46.4. The molecule has 1 rings (SSSR count). The summed E-state index contributed by atoms with van der Waals surface area (Å²) in [5.74, 6) is 0. The molecule has 0 aliphatic rings. The second-order valence-electron chi connectivity index (χ2n) is 1.46. The molecule has 0 nitrogen and oxygen atoms in total. The van der Waals surface area contributed by atoms with Crippen LogP contribution in [0, 0.1) is 6.92 Å². The largest absolute Gasteiger partial charge is 4.00 e. The van der Waals surface area contributed by atoms with Crippen molar-refractivity contribution >= 4 is 0 Å². The van der Waals surface area contributed by atoms with Gasteiger partial charge in [-0.15, -0.1) is 0 Å². The summed E-state index contributed by atoms with van der Waals surface area (Å²) in [5.41, 5.74) is 1.34. The second kappa shape index (κ2) is 17.3. The Hall–Kier alpha value is 1.09. The van der Waals surface area contributed by atoms with Gasteiger partial charge in [-0.1, -0.05) is 6.92 Å². The topological polar surface area (TPSA) is 0 Å². The van der Waals surface area contributed by atoms with Crippen molar-refractivity contribution < 1.29 is 68.2 Å². The monoisotopic (exact) mass is 270 g/mol. The zero-order valence-corrected chi connectivity index (χ0v) is 10.2. The molecule has 1 aromatic rings. The quantitative estimate of drug-likeness (QED) is 0.411. The van der Waals surface area contributed by atoms with Crippen LogP contribution in [0.5, 0.6) is 0 Å². The fourth-order valence-electron chi connectivity index (χ4n) is 0.470. The first-order chi connectivity index (χ1) is 2.89. The van der Waals surface area contributed by atoms with Gasteiger partial charge in [0, 0.05) is 0 Å². The minimum atomic E-state index is 0. The maximum atomic E-state index is 2.08. The first kappa shape index (κ1) is 29.6. The third-order valence-electron chi connectivity index (χ3n) is 0.829. The van der Waals surface area contributed by atoms with Gasteiger partial charge in [0.25, 0.3) is 0 Å². The van der Waals surface area contributed by atoms with Gasteiger partial charge in [-0.05, 0) is 0 Å². The van der Waals surface area contributed by atoms with Crippen LogP contribution in [0.15, 0.2) is 24.3 Å².